The number of morpholine rings is 1. The standard InChI is InChI=1S/C22H26N4O3S/c1-15-12-28-7-6-26(15)17-8-21(20-11-23-10-16-4-3-5-19(16)20)24-22(9-17)25-30(2,27)18-13-29-14-18/h3,5,8-11,15,18H,4,6-7,12-14H2,1-2H3/t15-,30?/m1/s1. The van der Waals surface area contributed by atoms with Gasteiger partial charge < -0.3 is 14.4 Å². The Kier molecular flexibility index (Phi) is 5.08. The van der Waals surface area contributed by atoms with Crippen molar-refractivity contribution in [3.05, 3.63) is 41.7 Å². The molecule has 0 saturated carbocycles. The summed E-state index contributed by atoms with van der Waals surface area (Å²) >= 11 is 0. The molecule has 0 aromatic carbocycles. The van der Waals surface area contributed by atoms with E-state index < -0.39 is 9.73 Å². The van der Waals surface area contributed by atoms with E-state index in [9.17, 15) is 4.21 Å². The number of fused-ring (bicyclic) bond motifs is 1. The van der Waals surface area contributed by atoms with Crippen LogP contribution >= 0.6 is 0 Å². The van der Waals surface area contributed by atoms with Crippen molar-refractivity contribution in [1.29, 1.82) is 0 Å². The average Bonchev–Trinajstić information content (AvgIpc) is 3.14. The van der Waals surface area contributed by atoms with Crippen molar-refractivity contribution in [2.24, 2.45) is 4.36 Å². The number of pyridine rings is 2. The summed E-state index contributed by atoms with van der Waals surface area (Å²) in [6.07, 6.45) is 10.6. The summed E-state index contributed by atoms with van der Waals surface area (Å²) in [6.45, 7) is 5.30. The van der Waals surface area contributed by atoms with Gasteiger partial charge in [-0.2, -0.15) is 4.36 Å². The summed E-state index contributed by atoms with van der Waals surface area (Å²) in [5, 5.41) is -0.0423. The molecule has 7 nitrogen and oxygen atoms in total. The predicted molar refractivity (Wildman–Crippen MR) is 119 cm³/mol. The highest BCUT2D eigenvalue weighted by Crippen LogP contribution is 2.34. The van der Waals surface area contributed by atoms with Crippen LogP contribution in [0.1, 0.15) is 18.1 Å². The van der Waals surface area contributed by atoms with Crippen LogP contribution in [0.2, 0.25) is 0 Å². The zero-order valence-corrected chi connectivity index (χ0v) is 18.1. The Morgan fingerprint density at radius 1 is 1.20 bits per heavy atom. The molecule has 0 amide bonds. The van der Waals surface area contributed by atoms with Crippen molar-refractivity contribution >= 4 is 27.3 Å². The molecule has 2 atom stereocenters. The first-order chi connectivity index (χ1) is 14.5. The van der Waals surface area contributed by atoms with E-state index in [0.717, 1.165) is 35.5 Å². The van der Waals surface area contributed by atoms with Gasteiger partial charge in [-0.25, -0.2) is 9.19 Å². The maximum Gasteiger partial charge on any atom is 0.164 e. The van der Waals surface area contributed by atoms with Crippen molar-refractivity contribution in [2.75, 3.05) is 44.1 Å². The fraction of sp³-hybridized carbons (Fsp3) is 0.455. The summed E-state index contributed by atoms with van der Waals surface area (Å²) in [5.41, 5.74) is 5.16. The molecule has 2 saturated heterocycles. The first kappa shape index (κ1) is 19.7. The van der Waals surface area contributed by atoms with Gasteiger partial charge in [0.1, 0.15) is 0 Å². The Labute approximate surface area is 177 Å². The van der Waals surface area contributed by atoms with Gasteiger partial charge in [-0.3, -0.25) is 4.98 Å². The molecule has 158 valence electrons. The molecule has 0 bridgehead atoms. The zero-order chi connectivity index (χ0) is 20.7. The van der Waals surface area contributed by atoms with Crippen molar-refractivity contribution in [1.82, 2.24) is 9.97 Å². The van der Waals surface area contributed by atoms with E-state index >= 15 is 0 Å². The van der Waals surface area contributed by atoms with Gasteiger partial charge in [0.05, 0.1) is 47.1 Å². The number of anilines is 1. The quantitative estimate of drug-likeness (QED) is 0.748. The molecule has 2 fully saturated rings. The van der Waals surface area contributed by atoms with Crippen LogP contribution in [0.5, 0.6) is 0 Å². The number of rotatable bonds is 4. The van der Waals surface area contributed by atoms with Crippen molar-refractivity contribution < 1.29 is 13.7 Å². The maximum atomic E-state index is 13.2. The highest BCUT2D eigenvalue weighted by Gasteiger charge is 2.28. The Bertz CT molecular complexity index is 1120. The number of hydrogen-bond donors (Lipinski definition) is 0. The largest absolute Gasteiger partial charge is 0.379 e. The molecule has 5 rings (SSSR count). The third kappa shape index (κ3) is 3.64. The number of nitrogens with zero attached hydrogens (tertiary/aromatic N) is 4. The lowest BCUT2D eigenvalue weighted by Gasteiger charge is -2.35. The lowest BCUT2D eigenvalue weighted by molar-refractivity contribution is 0.0431. The highest BCUT2D eigenvalue weighted by atomic mass is 32.2. The predicted octanol–water partition coefficient (Wildman–Crippen LogP) is 3.07. The molecule has 2 aliphatic heterocycles. The smallest absolute Gasteiger partial charge is 0.164 e. The molecule has 0 radical (unpaired) electrons. The lowest BCUT2D eigenvalue weighted by atomic mass is 10.0. The molecular formula is C22H26N4O3S. The van der Waals surface area contributed by atoms with Crippen LogP contribution in [0, 0.1) is 0 Å². The Morgan fingerprint density at radius 2 is 2.07 bits per heavy atom. The third-order valence-corrected chi connectivity index (χ3v) is 8.02. The molecular weight excluding hydrogens is 400 g/mol. The maximum absolute atomic E-state index is 13.2. The minimum Gasteiger partial charge on any atom is -0.379 e. The van der Waals surface area contributed by atoms with Crippen LogP contribution in [0.4, 0.5) is 11.5 Å². The third-order valence-electron chi connectivity index (χ3n) is 5.97. The second-order valence-electron chi connectivity index (χ2n) is 8.16. The Balaban J connectivity index is 1.64. The van der Waals surface area contributed by atoms with Gasteiger partial charge in [0.15, 0.2) is 5.82 Å². The van der Waals surface area contributed by atoms with Gasteiger partial charge in [-0.1, -0.05) is 12.2 Å². The molecule has 1 aliphatic carbocycles. The van der Waals surface area contributed by atoms with Crippen LogP contribution in [0.15, 0.2) is 35.0 Å². The van der Waals surface area contributed by atoms with Crippen LogP contribution in [-0.4, -0.2) is 64.7 Å². The van der Waals surface area contributed by atoms with Gasteiger partial charge in [0.25, 0.3) is 0 Å². The summed E-state index contributed by atoms with van der Waals surface area (Å²) in [7, 11) is -2.43. The number of ether oxygens (including phenoxy) is 2. The molecule has 0 N–H and O–H groups in total. The van der Waals surface area contributed by atoms with E-state index in [-0.39, 0.29) is 11.3 Å². The monoisotopic (exact) mass is 426 g/mol. The zero-order valence-electron chi connectivity index (χ0n) is 17.3. The molecule has 3 aliphatic rings. The minimum atomic E-state index is -2.43. The van der Waals surface area contributed by atoms with Gasteiger partial charge in [-0.05, 0) is 30.5 Å². The van der Waals surface area contributed by atoms with Crippen LogP contribution < -0.4 is 4.90 Å². The number of allylic oxidation sites excluding steroid dienone is 1. The summed E-state index contributed by atoms with van der Waals surface area (Å²) < 4.78 is 28.6. The summed E-state index contributed by atoms with van der Waals surface area (Å²) in [6, 6.07) is 4.28. The van der Waals surface area contributed by atoms with Gasteiger partial charge in [-0.15, -0.1) is 0 Å². The molecule has 30 heavy (non-hydrogen) atoms. The van der Waals surface area contributed by atoms with E-state index in [2.05, 4.69) is 39.4 Å². The van der Waals surface area contributed by atoms with Crippen molar-refractivity contribution in [3.63, 3.8) is 0 Å². The second kappa shape index (κ2) is 7.76. The van der Waals surface area contributed by atoms with Gasteiger partial charge >= 0.3 is 0 Å². The van der Waals surface area contributed by atoms with E-state index in [1.165, 1.54) is 5.56 Å². The van der Waals surface area contributed by atoms with E-state index in [4.69, 9.17) is 14.5 Å². The number of aromatic nitrogens is 2. The van der Waals surface area contributed by atoms with E-state index in [1.54, 1.807) is 6.26 Å². The average molecular weight is 427 g/mol. The fourth-order valence-electron chi connectivity index (χ4n) is 4.07. The topological polar surface area (TPSA) is 76.9 Å². The minimum absolute atomic E-state index is 0.0423. The van der Waals surface area contributed by atoms with Crippen molar-refractivity contribution in [2.45, 2.75) is 24.6 Å². The molecule has 2 aromatic rings. The van der Waals surface area contributed by atoms with E-state index in [0.29, 0.717) is 32.2 Å². The molecule has 1 unspecified atom stereocenters. The Hall–Kier alpha value is -2.29. The summed E-state index contributed by atoms with van der Waals surface area (Å²) in [4.78, 5) is 11.5. The fourth-order valence-corrected chi connectivity index (χ4v) is 5.38. The first-order valence-electron chi connectivity index (χ1n) is 10.3. The molecule has 8 heteroatoms. The normalized spacial score (nSPS) is 23.0. The van der Waals surface area contributed by atoms with Gasteiger partial charge in [0, 0.05) is 48.6 Å². The summed E-state index contributed by atoms with van der Waals surface area (Å²) in [5.74, 6) is 0.500. The van der Waals surface area contributed by atoms with E-state index in [1.807, 2.05) is 18.5 Å². The lowest BCUT2D eigenvalue weighted by Crippen LogP contribution is -2.43. The SMILES string of the molecule is C[C@@H]1COCCN1c1cc(N=S(C)(=O)C2COC2)nc(-c2cncc3c2C=CC3)c1. The highest BCUT2D eigenvalue weighted by molar-refractivity contribution is 7.93. The second-order valence-corrected chi connectivity index (χ2v) is 10.7. The van der Waals surface area contributed by atoms with Gasteiger partial charge in [0.2, 0.25) is 0 Å². The van der Waals surface area contributed by atoms with Crippen LogP contribution in [0.3, 0.4) is 0 Å². The molecule has 0 spiro atoms. The first-order valence-corrected chi connectivity index (χ1v) is 12.3. The molecule has 4 heterocycles. The van der Waals surface area contributed by atoms with Crippen LogP contribution in [-0.2, 0) is 25.6 Å². The number of hydrogen-bond acceptors (Lipinski definition) is 7. The van der Waals surface area contributed by atoms with Crippen LogP contribution in [0.25, 0.3) is 17.3 Å². The van der Waals surface area contributed by atoms with Crippen molar-refractivity contribution in [3.8, 4) is 11.3 Å². The molecule has 2 aromatic heterocycles. The Morgan fingerprint density at radius 3 is 2.83 bits per heavy atom.